The first kappa shape index (κ1) is 11.8. The Bertz CT molecular complexity index is 476. The van der Waals surface area contributed by atoms with E-state index in [0.717, 1.165) is 11.4 Å². The zero-order valence-electron chi connectivity index (χ0n) is 10.0. The van der Waals surface area contributed by atoms with E-state index in [1.807, 2.05) is 17.8 Å². The Kier molecular flexibility index (Phi) is 3.54. The summed E-state index contributed by atoms with van der Waals surface area (Å²) in [6, 6.07) is 6.73. The molecule has 0 amide bonds. The predicted octanol–water partition coefficient (Wildman–Crippen LogP) is 2.41. The molecular formula is C13H16FN3. The molecule has 0 aliphatic heterocycles. The molecule has 0 radical (unpaired) electrons. The molecule has 90 valence electrons. The SMILES string of the molecule is C[C@H](NCc1nccn1C)c1ccc(F)cc1. The fraction of sp³-hybridized carbons (Fsp3) is 0.308. The highest BCUT2D eigenvalue weighted by atomic mass is 19.1. The molecule has 2 rings (SSSR count). The van der Waals surface area contributed by atoms with Crippen molar-refractivity contribution < 1.29 is 4.39 Å². The van der Waals surface area contributed by atoms with Crippen molar-refractivity contribution in [2.24, 2.45) is 7.05 Å². The van der Waals surface area contributed by atoms with Crippen molar-refractivity contribution in [3.63, 3.8) is 0 Å². The maximum absolute atomic E-state index is 12.8. The van der Waals surface area contributed by atoms with E-state index in [1.165, 1.54) is 12.1 Å². The molecule has 4 heteroatoms. The number of hydrogen-bond donors (Lipinski definition) is 1. The first-order valence-corrected chi connectivity index (χ1v) is 5.62. The Morgan fingerprint density at radius 2 is 2.06 bits per heavy atom. The van der Waals surface area contributed by atoms with Gasteiger partial charge in [0.05, 0.1) is 6.54 Å². The van der Waals surface area contributed by atoms with Crippen molar-refractivity contribution >= 4 is 0 Å². The lowest BCUT2D eigenvalue weighted by atomic mass is 10.1. The van der Waals surface area contributed by atoms with E-state index >= 15 is 0 Å². The Morgan fingerprint density at radius 3 is 2.65 bits per heavy atom. The molecule has 0 bridgehead atoms. The van der Waals surface area contributed by atoms with Crippen LogP contribution in [0, 0.1) is 5.82 Å². The van der Waals surface area contributed by atoms with Crippen LogP contribution in [0.2, 0.25) is 0 Å². The first-order chi connectivity index (χ1) is 8.16. The number of aromatic nitrogens is 2. The van der Waals surface area contributed by atoms with E-state index < -0.39 is 0 Å². The van der Waals surface area contributed by atoms with Gasteiger partial charge in [-0.3, -0.25) is 0 Å². The number of nitrogens with one attached hydrogen (secondary N) is 1. The standard InChI is InChI=1S/C13H16FN3/c1-10(11-3-5-12(14)6-4-11)16-9-13-15-7-8-17(13)2/h3-8,10,16H,9H2,1-2H3/t10-/m0/s1. The molecule has 0 saturated heterocycles. The van der Waals surface area contributed by atoms with Gasteiger partial charge in [-0.15, -0.1) is 0 Å². The van der Waals surface area contributed by atoms with Crippen LogP contribution in [-0.4, -0.2) is 9.55 Å². The normalized spacial score (nSPS) is 12.6. The molecule has 0 unspecified atom stereocenters. The van der Waals surface area contributed by atoms with Gasteiger partial charge >= 0.3 is 0 Å². The van der Waals surface area contributed by atoms with Crippen molar-refractivity contribution in [2.75, 3.05) is 0 Å². The van der Waals surface area contributed by atoms with Gasteiger partial charge < -0.3 is 9.88 Å². The van der Waals surface area contributed by atoms with Crippen molar-refractivity contribution in [3.8, 4) is 0 Å². The molecule has 1 N–H and O–H groups in total. The zero-order valence-corrected chi connectivity index (χ0v) is 10.0. The second-order valence-corrected chi connectivity index (χ2v) is 4.11. The van der Waals surface area contributed by atoms with Gasteiger partial charge in [-0.1, -0.05) is 12.1 Å². The predicted molar refractivity (Wildman–Crippen MR) is 64.9 cm³/mol. The number of imidazole rings is 1. The van der Waals surface area contributed by atoms with Gasteiger partial charge in [-0.2, -0.15) is 0 Å². The molecule has 2 aromatic rings. The fourth-order valence-electron chi connectivity index (χ4n) is 1.68. The van der Waals surface area contributed by atoms with Crippen LogP contribution in [0.25, 0.3) is 0 Å². The highest BCUT2D eigenvalue weighted by Crippen LogP contribution is 2.13. The van der Waals surface area contributed by atoms with Gasteiger partial charge in [-0.25, -0.2) is 9.37 Å². The maximum Gasteiger partial charge on any atom is 0.123 e. The molecule has 0 spiro atoms. The third kappa shape index (κ3) is 2.91. The Labute approximate surface area is 100 Å². The van der Waals surface area contributed by atoms with Crippen LogP contribution in [0.5, 0.6) is 0 Å². The molecule has 0 aliphatic rings. The van der Waals surface area contributed by atoms with Crippen LogP contribution >= 0.6 is 0 Å². The third-order valence-electron chi connectivity index (χ3n) is 2.86. The van der Waals surface area contributed by atoms with E-state index in [1.54, 1.807) is 18.3 Å². The van der Waals surface area contributed by atoms with Crippen molar-refractivity contribution in [1.29, 1.82) is 0 Å². The van der Waals surface area contributed by atoms with Crippen LogP contribution in [0.15, 0.2) is 36.7 Å². The minimum absolute atomic E-state index is 0.173. The molecule has 1 heterocycles. The molecule has 1 atom stereocenters. The second-order valence-electron chi connectivity index (χ2n) is 4.11. The summed E-state index contributed by atoms with van der Waals surface area (Å²) in [4.78, 5) is 4.24. The summed E-state index contributed by atoms with van der Waals surface area (Å²) < 4.78 is 14.8. The lowest BCUT2D eigenvalue weighted by molar-refractivity contribution is 0.547. The number of nitrogens with zero attached hydrogens (tertiary/aromatic N) is 2. The van der Waals surface area contributed by atoms with Crippen LogP contribution in [-0.2, 0) is 13.6 Å². The molecule has 3 nitrogen and oxygen atoms in total. The summed E-state index contributed by atoms with van der Waals surface area (Å²) in [5.41, 5.74) is 1.07. The quantitative estimate of drug-likeness (QED) is 0.878. The van der Waals surface area contributed by atoms with E-state index in [2.05, 4.69) is 17.2 Å². The van der Waals surface area contributed by atoms with Gasteiger partial charge in [0.15, 0.2) is 0 Å². The summed E-state index contributed by atoms with van der Waals surface area (Å²) in [5.74, 6) is 0.781. The monoisotopic (exact) mass is 233 g/mol. The summed E-state index contributed by atoms with van der Waals surface area (Å²) in [5, 5.41) is 3.36. The highest BCUT2D eigenvalue weighted by Gasteiger charge is 2.06. The van der Waals surface area contributed by atoms with Crippen LogP contribution in [0.4, 0.5) is 4.39 Å². The molecule has 17 heavy (non-hydrogen) atoms. The number of halogens is 1. The largest absolute Gasteiger partial charge is 0.337 e. The number of rotatable bonds is 4. The van der Waals surface area contributed by atoms with E-state index in [0.29, 0.717) is 6.54 Å². The van der Waals surface area contributed by atoms with Crippen LogP contribution in [0.1, 0.15) is 24.4 Å². The first-order valence-electron chi connectivity index (χ1n) is 5.62. The van der Waals surface area contributed by atoms with Gasteiger partial charge in [0, 0.05) is 25.5 Å². The minimum atomic E-state index is -0.204. The van der Waals surface area contributed by atoms with E-state index in [9.17, 15) is 4.39 Å². The Hall–Kier alpha value is -1.68. The van der Waals surface area contributed by atoms with Crippen molar-refractivity contribution in [2.45, 2.75) is 19.5 Å². The molecule has 1 aromatic carbocycles. The van der Waals surface area contributed by atoms with Crippen LogP contribution < -0.4 is 5.32 Å². The molecule has 0 aliphatic carbocycles. The molecular weight excluding hydrogens is 217 g/mol. The topological polar surface area (TPSA) is 29.9 Å². The Morgan fingerprint density at radius 1 is 1.35 bits per heavy atom. The average molecular weight is 233 g/mol. The minimum Gasteiger partial charge on any atom is -0.337 e. The molecule has 0 fully saturated rings. The number of aryl methyl sites for hydroxylation is 1. The average Bonchev–Trinajstić information content (AvgIpc) is 2.73. The lowest BCUT2D eigenvalue weighted by Gasteiger charge is -2.14. The summed E-state index contributed by atoms with van der Waals surface area (Å²) in [6.07, 6.45) is 3.69. The van der Waals surface area contributed by atoms with E-state index in [4.69, 9.17) is 0 Å². The van der Waals surface area contributed by atoms with Gasteiger partial charge in [0.2, 0.25) is 0 Å². The summed E-state index contributed by atoms with van der Waals surface area (Å²) in [7, 11) is 1.96. The number of hydrogen-bond acceptors (Lipinski definition) is 2. The van der Waals surface area contributed by atoms with Crippen molar-refractivity contribution in [3.05, 3.63) is 53.9 Å². The fourth-order valence-corrected chi connectivity index (χ4v) is 1.68. The third-order valence-corrected chi connectivity index (χ3v) is 2.86. The summed E-state index contributed by atoms with van der Waals surface area (Å²) >= 11 is 0. The zero-order chi connectivity index (χ0) is 12.3. The van der Waals surface area contributed by atoms with Crippen molar-refractivity contribution in [1.82, 2.24) is 14.9 Å². The second kappa shape index (κ2) is 5.10. The lowest BCUT2D eigenvalue weighted by Crippen LogP contribution is -2.20. The summed E-state index contributed by atoms with van der Waals surface area (Å²) in [6.45, 7) is 2.75. The van der Waals surface area contributed by atoms with Gasteiger partial charge in [0.1, 0.15) is 11.6 Å². The maximum atomic E-state index is 12.8. The van der Waals surface area contributed by atoms with Crippen LogP contribution in [0.3, 0.4) is 0 Å². The smallest absolute Gasteiger partial charge is 0.123 e. The molecule has 0 saturated carbocycles. The highest BCUT2D eigenvalue weighted by molar-refractivity contribution is 5.19. The number of benzene rings is 1. The Balaban J connectivity index is 1.95. The van der Waals surface area contributed by atoms with E-state index in [-0.39, 0.29) is 11.9 Å². The van der Waals surface area contributed by atoms with Gasteiger partial charge in [0.25, 0.3) is 0 Å². The van der Waals surface area contributed by atoms with Gasteiger partial charge in [-0.05, 0) is 24.6 Å². The molecule has 1 aromatic heterocycles.